The highest BCUT2D eigenvalue weighted by Gasteiger charge is 2.25. The van der Waals surface area contributed by atoms with Crippen LogP contribution in [0, 0.1) is 5.92 Å². The monoisotopic (exact) mass is 247 g/mol. The van der Waals surface area contributed by atoms with E-state index in [0.29, 0.717) is 11.7 Å². The molecule has 1 aromatic rings. The summed E-state index contributed by atoms with van der Waals surface area (Å²) in [6, 6.07) is 7.89. The summed E-state index contributed by atoms with van der Waals surface area (Å²) in [4.78, 5) is 12.1. The zero-order chi connectivity index (χ0) is 13.0. The number of benzene rings is 1. The second-order valence-electron chi connectivity index (χ2n) is 4.95. The highest BCUT2D eigenvalue weighted by Crippen LogP contribution is 2.25. The van der Waals surface area contributed by atoms with E-state index in [-0.39, 0.29) is 11.8 Å². The molecule has 0 radical (unpaired) electrons. The van der Waals surface area contributed by atoms with E-state index in [2.05, 4.69) is 10.6 Å². The quantitative estimate of drug-likeness (QED) is 0.715. The summed E-state index contributed by atoms with van der Waals surface area (Å²) in [6.07, 6.45) is 4.07. The molecule has 0 bridgehead atoms. The number of nitrogens with two attached hydrogens (primary N) is 1. The van der Waals surface area contributed by atoms with Gasteiger partial charge in [0.1, 0.15) is 0 Å². The average Bonchev–Trinajstić information content (AvgIpc) is 2.39. The third-order valence-corrected chi connectivity index (χ3v) is 3.66. The van der Waals surface area contributed by atoms with Crippen molar-refractivity contribution in [3.8, 4) is 0 Å². The van der Waals surface area contributed by atoms with E-state index >= 15 is 0 Å². The van der Waals surface area contributed by atoms with E-state index in [0.717, 1.165) is 31.4 Å². The van der Waals surface area contributed by atoms with E-state index in [1.165, 1.54) is 0 Å². The van der Waals surface area contributed by atoms with Crippen LogP contribution in [0.1, 0.15) is 25.7 Å². The summed E-state index contributed by atoms with van der Waals surface area (Å²) in [6.45, 7) is 0. The largest absolute Gasteiger partial charge is 0.399 e. The van der Waals surface area contributed by atoms with Gasteiger partial charge in [0.25, 0.3) is 0 Å². The highest BCUT2D eigenvalue weighted by molar-refractivity contribution is 5.93. The number of hydrogen-bond donors (Lipinski definition) is 3. The Bertz CT molecular complexity index is 411. The number of amides is 1. The summed E-state index contributed by atoms with van der Waals surface area (Å²) in [5, 5.41) is 6.22. The predicted octanol–water partition coefficient (Wildman–Crippen LogP) is 1.99. The SMILES string of the molecule is CNC1CCC(C(=O)Nc2cccc(N)c2)CC1. The van der Waals surface area contributed by atoms with Crippen LogP contribution in [0.5, 0.6) is 0 Å². The van der Waals surface area contributed by atoms with Crippen molar-refractivity contribution >= 4 is 17.3 Å². The maximum absolute atomic E-state index is 12.1. The molecule has 2 rings (SSSR count). The first-order valence-corrected chi connectivity index (χ1v) is 6.52. The fourth-order valence-electron chi connectivity index (χ4n) is 2.51. The van der Waals surface area contributed by atoms with Gasteiger partial charge in [-0.15, -0.1) is 0 Å². The summed E-state index contributed by atoms with van der Waals surface area (Å²) in [5.41, 5.74) is 7.15. The fraction of sp³-hybridized carbons (Fsp3) is 0.500. The Morgan fingerprint density at radius 2 is 2.00 bits per heavy atom. The normalized spacial score (nSPS) is 23.6. The average molecular weight is 247 g/mol. The van der Waals surface area contributed by atoms with Gasteiger partial charge in [-0.2, -0.15) is 0 Å². The Balaban J connectivity index is 1.89. The molecule has 4 N–H and O–H groups in total. The van der Waals surface area contributed by atoms with E-state index in [1.807, 2.05) is 25.2 Å². The number of nitrogens with one attached hydrogen (secondary N) is 2. The van der Waals surface area contributed by atoms with Gasteiger partial charge < -0.3 is 16.4 Å². The first-order valence-electron chi connectivity index (χ1n) is 6.52. The van der Waals surface area contributed by atoms with Crippen molar-refractivity contribution < 1.29 is 4.79 Å². The second kappa shape index (κ2) is 5.87. The van der Waals surface area contributed by atoms with Gasteiger partial charge in [-0.05, 0) is 50.9 Å². The summed E-state index contributed by atoms with van der Waals surface area (Å²) in [7, 11) is 1.98. The second-order valence-corrected chi connectivity index (χ2v) is 4.95. The van der Waals surface area contributed by atoms with Gasteiger partial charge >= 0.3 is 0 Å². The van der Waals surface area contributed by atoms with Gasteiger partial charge in [0.05, 0.1) is 0 Å². The zero-order valence-electron chi connectivity index (χ0n) is 10.8. The molecule has 0 spiro atoms. The third kappa shape index (κ3) is 3.23. The van der Waals surface area contributed by atoms with Gasteiger partial charge in [-0.25, -0.2) is 0 Å². The van der Waals surface area contributed by atoms with Crippen LogP contribution in [0.4, 0.5) is 11.4 Å². The predicted molar refractivity (Wildman–Crippen MR) is 74.3 cm³/mol. The van der Waals surface area contributed by atoms with E-state index in [4.69, 9.17) is 5.73 Å². The lowest BCUT2D eigenvalue weighted by Gasteiger charge is -2.27. The Morgan fingerprint density at radius 1 is 1.28 bits per heavy atom. The van der Waals surface area contributed by atoms with Crippen molar-refractivity contribution in [3.63, 3.8) is 0 Å². The van der Waals surface area contributed by atoms with Crippen LogP contribution in [-0.2, 0) is 4.79 Å². The maximum Gasteiger partial charge on any atom is 0.227 e. The van der Waals surface area contributed by atoms with Gasteiger partial charge in [-0.3, -0.25) is 4.79 Å². The molecular weight excluding hydrogens is 226 g/mol. The van der Waals surface area contributed by atoms with Crippen LogP contribution < -0.4 is 16.4 Å². The van der Waals surface area contributed by atoms with Crippen molar-refractivity contribution in [1.29, 1.82) is 0 Å². The van der Waals surface area contributed by atoms with Crippen molar-refractivity contribution in [2.75, 3.05) is 18.1 Å². The number of rotatable bonds is 3. The van der Waals surface area contributed by atoms with Crippen molar-refractivity contribution in [1.82, 2.24) is 5.32 Å². The van der Waals surface area contributed by atoms with Gasteiger partial charge in [0.15, 0.2) is 0 Å². The molecule has 0 unspecified atom stereocenters. The molecule has 4 nitrogen and oxygen atoms in total. The Hall–Kier alpha value is -1.55. The molecule has 1 amide bonds. The van der Waals surface area contributed by atoms with E-state index in [9.17, 15) is 4.79 Å². The number of nitrogen functional groups attached to an aromatic ring is 1. The minimum atomic E-state index is 0.121. The first-order chi connectivity index (χ1) is 8.69. The molecule has 0 aromatic heterocycles. The van der Waals surface area contributed by atoms with Gasteiger partial charge in [-0.1, -0.05) is 6.07 Å². The van der Waals surface area contributed by atoms with Gasteiger partial charge in [0, 0.05) is 23.3 Å². The lowest BCUT2D eigenvalue weighted by atomic mass is 9.85. The summed E-state index contributed by atoms with van der Waals surface area (Å²) < 4.78 is 0. The smallest absolute Gasteiger partial charge is 0.227 e. The Kier molecular flexibility index (Phi) is 4.20. The topological polar surface area (TPSA) is 67.2 Å². The molecule has 4 heteroatoms. The molecule has 0 atom stereocenters. The molecule has 0 saturated heterocycles. The highest BCUT2D eigenvalue weighted by atomic mass is 16.1. The molecule has 1 saturated carbocycles. The van der Waals surface area contributed by atoms with Gasteiger partial charge in [0.2, 0.25) is 5.91 Å². The van der Waals surface area contributed by atoms with Crippen LogP contribution in [-0.4, -0.2) is 19.0 Å². The minimum Gasteiger partial charge on any atom is -0.399 e. The lowest BCUT2D eigenvalue weighted by Crippen LogP contribution is -2.34. The first kappa shape index (κ1) is 12.9. The Labute approximate surface area is 108 Å². The molecule has 1 aromatic carbocycles. The summed E-state index contributed by atoms with van der Waals surface area (Å²) in [5.74, 6) is 0.256. The van der Waals surface area contributed by atoms with Crippen LogP contribution in [0.2, 0.25) is 0 Å². The van der Waals surface area contributed by atoms with Crippen LogP contribution in [0.25, 0.3) is 0 Å². The molecular formula is C14H21N3O. The van der Waals surface area contributed by atoms with Crippen LogP contribution in [0.15, 0.2) is 24.3 Å². The number of hydrogen-bond acceptors (Lipinski definition) is 3. The molecule has 1 aliphatic rings. The van der Waals surface area contributed by atoms with Crippen LogP contribution >= 0.6 is 0 Å². The molecule has 0 heterocycles. The van der Waals surface area contributed by atoms with Crippen molar-refractivity contribution in [3.05, 3.63) is 24.3 Å². The molecule has 98 valence electrons. The minimum absolute atomic E-state index is 0.121. The molecule has 1 fully saturated rings. The molecule has 18 heavy (non-hydrogen) atoms. The standard InChI is InChI=1S/C14H21N3O/c1-16-12-7-5-10(6-8-12)14(18)17-13-4-2-3-11(15)9-13/h2-4,9-10,12,16H,5-8,15H2,1H3,(H,17,18). The fourth-order valence-corrected chi connectivity index (χ4v) is 2.51. The number of carbonyl (C=O) groups excluding carboxylic acids is 1. The zero-order valence-corrected chi connectivity index (χ0v) is 10.8. The third-order valence-electron chi connectivity index (χ3n) is 3.66. The van der Waals surface area contributed by atoms with E-state index in [1.54, 1.807) is 6.07 Å². The number of anilines is 2. The molecule has 1 aliphatic carbocycles. The number of carbonyl (C=O) groups is 1. The lowest BCUT2D eigenvalue weighted by molar-refractivity contribution is -0.120. The summed E-state index contributed by atoms with van der Waals surface area (Å²) >= 11 is 0. The van der Waals surface area contributed by atoms with Crippen molar-refractivity contribution in [2.45, 2.75) is 31.7 Å². The van der Waals surface area contributed by atoms with E-state index < -0.39 is 0 Å². The Morgan fingerprint density at radius 3 is 2.61 bits per heavy atom. The maximum atomic E-state index is 12.1. The van der Waals surface area contributed by atoms with Crippen LogP contribution in [0.3, 0.4) is 0 Å². The van der Waals surface area contributed by atoms with Crippen molar-refractivity contribution in [2.24, 2.45) is 5.92 Å². The molecule has 0 aliphatic heterocycles.